The first-order valence-corrected chi connectivity index (χ1v) is 7.23. The first-order chi connectivity index (χ1) is 8.30. The third kappa shape index (κ3) is 4.98. The molecule has 18 heavy (non-hydrogen) atoms. The van der Waals surface area contributed by atoms with E-state index in [2.05, 4.69) is 10.6 Å². The van der Waals surface area contributed by atoms with E-state index in [1.807, 2.05) is 0 Å². The molecule has 1 fully saturated rings. The van der Waals surface area contributed by atoms with E-state index in [1.165, 1.54) is 0 Å². The van der Waals surface area contributed by atoms with Crippen LogP contribution in [-0.2, 0) is 19.4 Å². The Morgan fingerprint density at radius 1 is 1.44 bits per heavy atom. The fourth-order valence-corrected chi connectivity index (χ4v) is 3.04. The van der Waals surface area contributed by atoms with Gasteiger partial charge in [0.1, 0.15) is 0 Å². The number of aliphatic hydroxyl groups excluding tert-OH is 1. The Bertz CT molecular complexity index is 421. The summed E-state index contributed by atoms with van der Waals surface area (Å²) in [5, 5.41) is 22.5. The van der Waals surface area contributed by atoms with Crippen molar-refractivity contribution in [3.8, 4) is 0 Å². The third-order valence-corrected chi connectivity index (χ3v) is 4.25. The molecule has 0 aromatic carbocycles. The summed E-state index contributed by atoms with van der Waals surface area (Å²) in [6.45, 7) is -0.0916. The normalized spacial score (nSPS) is 24.2. The smallest absolute Gasteiger partial charge is 0.334 e. The van der Waals surface area contributed by atoms with E-state index < -0.39 is 40.4 Å². The monoisotopic (exact) mass is 280 g/mol. The molecular formula is C9H16N2O6S. The van der Waals surface area contributed by atoms with Crippen molar-refractivity contribution in [3.05, 3.63) is 0 Å². The molecule has 9 heteroatoms. The van der Waals surface area contributed by atoms with Gasteiger partial charge in [0, 0.05) is 19.0 Å². The van der Waals surface area contributed by atoms with Crippen LogP contribution in [0.4, 0.5) is 0 Å². The highest BCUT2D eigenvalue weighted by molar-refractivity contribution is 7.91. The zero-order chi connectivity index (χ0) is 13.8. The molecule has 8 nitrogen and oxygen atoms in total. The van der Waals surface area contributed by atoms with Gasteiger partial charge in [-0.05, 0) is 0 Å². The highest BCUT2D eigenvalue weighted by Crippen LogP contribution is 2.04. The number of sulfone groups is 1. The second-order valence-electron chi connectivity index (χ2n) is 4.13. The summed E-state index contributed by atoms with van der Waals surface area (Å²) in [6, 6.07) is -0.467. The van der Waals surface area contributed by atoms with Crippen LogP contribution in [0.2, 0.25) is 0 Å². The number of carboxylic acids is 1. The van der Waals surface area contributed by atoms with Crippen LogP contribution in [0.1, 0.15) is 6.42 Å². The molecule has 0 aliphatic carbocycles. The van der Waals surface area contributed by atoms with Crippen LogP contribution in [0.15, 0.2) is 0 Å². The number of aliphatic hydroxyl groups is 1. The minimum absolute atomic E-state index is 0.0584. The highest BCUT2D eigenvalue weighted by Gasteiger charge is 2.26. The average molecular weight is 280 g/mol. The fourth-order valence-electron chi connectivity index (χ4n) is 1.59. The number of carbonyl (C=O) groups is 2. The molecule has 2 atom stereocenters. The standard InChI is InChI=1S/C9H16N2O6S/c12-7(9(14)15)4-11-8(13)3-6-5-18(16,17)2-1-10-6/h6-7,10,12H,1-5H2,(H,11,13)(H,14,15)/t6?,7-/m0/s1. The van der Waals surface area contributed by atoms with Crippen LogP contribution in [0, 0.1) is 0 Å². The molecule has 1 heterocycles. The third-order valence-electron chi connectivity index (χ3n) is 2.51. The van der Waals surface area contributed by atoms with Crippen molar-refractivity contribution in [2.45, 2.75) is 18.6 Å². The maximum atomic E-state index is 11.4. The van der Waals surface area contributed by atoms with Gasteiger partial charge in [-0.3, -0.25) is 4.79 Å². The first-order valence-electron chi connectivity index (χ1n) is 5.41. The van der Waals surface area contributed by atoms with E-state index in [0.29, 0.717) is 6.54 Å². The molecule has 0 bridgehead atoms. The summed E-state index contributed by atoms with van der Waals surface area (Å²) in [5.74, 6) is -1.97. The predicted molar refractivity (Wildman–Crippen MR) is 61.7 cm³/mol. The lowest BCUT2D eigenvalue weighted by Gasteiger charge is -2.23. The number of hydrogen-bond donors (Lipinski definition) is 4. The molecule has 1 aliphatic heterocycles. The molecule has 0 aromatic heterocycles. The Morgan fingerprint density at radius 2 is 2.11 bits per heavy atom. The largest absolute Gasteiger partial charge is 0.479 e. The Kier molecular flexibility index (Phi) is 5.05. The van der Waals surface area contributed by atoms with E-state index in [9.17, 15) is 18.0 Å². The number of carbonyl (C=O) groups excluding carboxylic acids is 1. The lowest BCUT2D eigenvalue weighted by atomic mass is 10.2. The van der Waals surface area contributed by atoms with Gasteiger partial charge in [0.15, 0.2) is 15.9 Å². The van der Waals surface area contributed by atoms with Crippen LogP contribution >= 0.6 is 0 Å². The van der Waals surface area contributed by atoms with Crippen LogP contribution in [0.25, 0.3) is 0 Å². The predicted octanol–water partition coefficient (Wildman–Crippen LogP) is -2.68. The van der Waals surface area contributed by atoms with E-state index in [0.717, 1.165) is 0 Å². The highest BCUT2D eigenvalue weighted by atomic mass is 32.2. The topological polar surface area (TPSA) is 133 Å². The lowest BCUT2D eigenvalue weighted by molar-refractivity contribution is -0.146. The number of rotatable bonds is 5. The van der Waals surface area contributed by atoms with Crippen LogP contribution in [0.5, 0.6) is 0 Å². The molecule has 0 aromatic rings. The van der Waals surface area contributed by atoms with Crippen molar-refractivity contribution < 1.29 is 28.2 Å². The molecular weight excluding hydrogens is 264 g/mol. The van der Waals surface area contributed by atoms with E-state index >= 15 is 0 Å². The zero-order valence-corrected chi connectivity index (χ0v) is 10.4. The van der Waals surface area contributed by atoms with Gasteiger partial charge in [0.2, 0.25) is 5.91 Å². The summed E-state index contributed by atoms with van der Waals surface area (Å²) < 4.78 is 22.6. The second-order valence-corrected chi connectivity index (χ2v) is 6.36. The summed E-state index contributed by atoms with van der Waals surface area (Å²) >= 11 is 0. The SMILES string of the molecule is O=C(CC1CS(=O)(=O)CCN1)NC[C@H](O)C(=O)O. The number of carboxylic acid groups (broad SMARTS) is 1. The summed E-state index contributed by atoms with van der Waals surface area (Å²) in [6.07, 6.45) is -1.72. The van der Waals surface area contributed by atoms with Gasteiger partial charge in [0.05, 0.1) is 18.1 Å². The molecule has 104 valence electrons. The van der Waals surface area contributed by atoms with Gasteiger partial charge in [-0.25, -0.2) is 13.2 Å². The van der Waals surface area contributed by atoms with Crippen LogP contribution in [0.3, 0.4) is 0 Å². The Balaban J connectivity index is 2.34. The molecule has 0 radical (unpaired) electrons. The minimum Gasteiger partial charge on any atom is -0.479 e. The summed E-state index contributed by atoms with van der Waals surface area (Å²) in [5.41, 5.74) is 0. The molecule has 4 N–H and O–H groups in total. The van der Waals surface area contributed by atoms with E-state index in [4.69, 9.17) is 10.2 Å². The Hall–Kier alpha value is -1.19. The number of hydrogen-bond acceptors (Lipinski definition) is 6. The van der Waals surface area contributed by atoms with Crippen molar-refractivity contribution in [1.82, 2.24) is 10.6 Å². The molecule has 1 unspecified atom stereocenters. The van der Waals surface area contributed by atoms with E-state index in [-0.39, 0.29) is 17.9 Å². The van der Waals surface area contributed by atoms with Gasteiger partial charge < -0.3 is 20.8 Å². The van der Waals surface area contributed by atoms with Gasteiger partial charge in [-0.2, -0.15) is 0 Å². The maximum Gasteiger partial charge on any atom is 0.334 e. The van der Waals surface area contributed by atoms with E-state index in [1.54, 1.807) is 0 Å². The number of amides is 1. The van der Waals surface area contributed by atoms with Crippen molar-refractivity contribution >= 4 is 21.7 Å². The Morgan fingerprint density at radius 3 is 2.67 bits per heavy atom. The van der Waals surface area contributed by atoms with Crippen molar-refractivity contribution in [2.24, 2.45) is 0 Å². The molecule has 0 spiro atoms. The van der Waals surface area contributed by atoms with Crippen LogP contribution in [-0.4, -0.2) is 67.2 Å². The number of aliphatic carboxylic acids is 1. The summed E-state index contributed by atoms with van der Waals surface area (Å²) in [4.78, 5) is 21.7. The van der Waals surface area contributed by atoms with Crippen molar-refractivity contribution in [3.63, 3.8) is 0 Å². The Labute approximate surface area is 104 Å². The van der Waals surface area contributed by atoms with Crippen molar-refractivity contribution in [2.75, 3.05) is 24.6 Å². The lowest BCUT2D eigenvalue weighted by Crippen LogP contribution is -2.48. The maximum absolute atomic E-state index is 11.4. The minimum atomic E-state index is -3.11. The van der Waals surface area contributed by atoms with Gasteiger partial charge in [-0.1, -0.05) is 0 Å². The van der Waals surface area contributed by atoms with Gasteiger partial charge in [-0.15, -0.1) is 0 Å². The summed E-state index contributed by atoms with van der Waals surface area (Å²) in [7, 11) is -3.11. The van der Waals surface area contributed by atoms with Crippen LogP contribution < -0.4 is 10.6 Å². The molecule has 1 rings (SSSR count). The van der Waals surface area contributed by atoms with Gasteiger partial charge in [0.25, 0.3) is 0 Å². The molecule has 1 saturated heterocycles. The van der Waals surface area contributed by atoms with Crippen molar-refractivity contribution in [1.29, 1.82) is 0 Å². The fraction of sp³-hybridized carbons (Fsp3) is 0.778. The average Bonchev–Trinajstić information content (AvgIpc) is 2.24. The second kappa shape index (κ2) is 6.12. The van der Waals surface area contributed by atoms with Gasteiger partial charge >= 0.3 is 5.97 Å². The quantitative estimate of drug-likeness (QED) is 0.431. The first kappa shape index (κ1) is 14.9. The molecule has 1 aliphatic rings. The molecule has 0 saturated carbocycles. The molecule has 1 amide bonds. The number of nitrogens with one attached hydrogen (secondary N) is 2. The zero-order valence-electron chi connectivity index (χ0n) is 9.63.